The van der Waals surface area contributed by atoms with Crippen LogP contribution in [0.3, 0.4) is 0 Å². The highest BCUT2D eigenvalue weighted by Gasteiger charge is 2.24. The van der Waals surface area contributed by atoms with E-state index in [1.165, 1.54) is 26.1 Å². The molecular formula is C21H29ClN5O2+. The van der Waals surface area contributed by atoms with Crippen LogP contribution < -0.4 is 16.4 Å². The highest BCUT2D eigenvalue weighted by molar-refractivity contribution is 6.31. The molecular weight excluding hydrogens is 390 g/mol. The number of nitrogens with two attached hydrogens (primary N) is 1. The lowest BCUT2D eigenvalue weighted by atomic mass is 9.82. The summed E-state index contributed by atoms with van der Waals surface area (Å²) in [7, 11) is 1.34. The summed E-state index contributed by atoms with van der Waals surface area (Å²) in [6.45, 7) is 2.11. The van der Waals surface area contributed by atoms with Gasteiger partial charge in [0.2, 0.25) is 0 Å². The minimum atomic E-state index is 0.353. The summed E-state index contributed by atoms with van der Waals surface area (Å²) >= 11 is 6.22. The van der Waals surface area contributed by atoms with Crippen LogP contribution in [0.2, 0.25) is 5.02 Å². The minimum Gasteiger partial charge on any atom is -0.379 e. The van der Waals surface area contributed by atoms with Gasteiger partial charge in [0, 0.05) is 24.2 Å². The fourth-order valence-corrected chi connectivity index (χ4v) is 3.89. The number of benzene rings is 1. The smallest absolute Gasteiger partial charge is 0.357 e. The molecule has 1 heterocycles. The van der Waals surface area contributed by atoms with E-state index in [0.717, 1.165) is 31.5 Å². The van der Waals surface area contributed by atoms with Gasteiger partial charge in [-0.1, -0.05) is 29.8 Å². The number of nitrogens with one attached hydrogen (secondary N) is 2. The molecule has 1 aliphatic rings. The quantitative estimate of drug-likeness (QED) is 0.519. The van der Waals surface area contributed by atoms with Crippen LogP contribution in [0.5, 0.6) is 0 Å². The van der Waals surface area contributed by atoms with Crippen LogP contribution in [0.15, 0.2) is 36.5 Å². The molecule has 29 heavy (non-hydrogen) atoms. The highest BCUT2D eigenvalue weighted by atomic mass is 35.5. The molecule has 1 aliphatic carbocycles. The maximum atomic E-state index is 12.1. The van der Waals surface area contributed by atoms with Crippen molar-refractivity contribution in [3.63, 3.8) is 0 Å². The molecule has 8 heteroatoms. The molecule has 0 atom stereocenters. The highest BCUT2D eigenvalue weighted by Crippen LogP contribution is 2.31. The largest absolute Gasteiger partial charge is 0.379 e. The van der Waals surface area contributed by atoms with Crippen molar-refractivity contribution in [2.45, 2.75) is 32.2 Å². The molecule has 0 saturated heterocycles. The summed E-state index contributed by atoms with van der Waals surface area (Å²) in [6.07, 6.45) is 6.15. The van der Waals surface area contributed by atoms with Crippen LogP contribution in [0.25, 0.3) is 0 Å². The lowest BCUT2D eigenvalue weighted by Crippen LogP contribution is -2.25. The van der Waals surface area contributed by atoms with E-state index in [0.29, 0.717) is 45.5 Å². The summed E-state index contributed by atoms with van der Waals surface area (Å²) in [5, 5.41) is 7.39. The molecule has 0 amide bonds. The molecule has 1 aromatic heterocycles. The van der Waals surface area contributed by atoms with E-state index >= 15 is 0 Å². The van der Waals surface area contributed by atoms with Crippen molar-refractivity contribution < 1.29 is 9.76 Å². The van der Waals surface area contributed by atoms with E-state index in [1.807, 2.05) is 30.3 Å². The average Bonchev–Trinajstić information content (AvgIpc) is 2.77. The number of anilines is 2. The molecule has 1 saturated carbocycles. The van der Waals surface area contributed by atoms with Crippen molar-refractivity contribution in [1.82, 2.24) is 4.98 Å². The number of rotatable bonds is 9. The first-order valence-corrected chi connectivity index (χ1v) is 10.4. The molecule has 4 N–H and O–H groups in total. The lowest BCUT2D eigenvalue weighted by Gasteiger charge is -2.27. The number of hydrogen-bond donors (Lipinski definition) is 3. The van der Waals surface area contributed by atoms with Crippen LogP contribution in [-0.2, 0) is 11.4 Å². The summed E-state index contributed by atoms with van der Waals surface area (Å²) in [4.78, 5) is 21.7. The molecule has 1 aromatic carbocycles. The number of halogens is 1. The Bertz CT molecular complexity index is 824. The van der Waals surface area contributed by atoms with E-state index in [1.54, 1.807) is 0 Å². The Kier molecular flexibility index (Phi) is 7.66. The van der Waals surface area contributed by atoms with E-state index in [9.17, 15) is 4.91 Å². The third-order valence-electron chi connectivity index (χ3n) is 5.54. The molecule has 0 bridgehead atoms. The molecule has 0 spiro atoms. The summed E-state index contributed by atoms with van der Waals surface area (Å²) in [6, 6.07) is 9.50. The Morgan fingerprint density at radius 1 is 1.21 bits per heavy atom. The Morgan fingerprint density at radius 2 is 1.93 bits per heavy atom. The number of aromatic nitrogens is 1. The first-order chi connectivity index (χ1) is 14.1. The first kappa shape index (κ1) is 21.3. The molecule has 0 aliphatic heterocycles. The number of pyridine rings is 1. The maximum Gasteiger partial charge on any atom is 0.357 e. The minimum absolute atomic E-state index is 0.353. The van der Waals surface area contributed by atoms with Gasteiger partial charge in [-0.3, -0.25) is 0 Å². The van der Waals surface area contributed by atoms with Crippen LogP contribution in [-0.4, -0.2) is 30.1 Å². The zero-order valence-corrected chi connectivity index (χ0v) is 17.5. The van der Waals surface area contributed by atoms with E-state index in [2.05, 4.69) is 15.6 Å². The molecule has 0 radical (unpaired) electrons. The van der Waals surface area contributed by atoms with Gasteiger partial charge >= 0.3 is 5.69 Å². The molecule has 2 aromatic rings. The SMILES string of the molecule is CO[N+](=O)c1cnc(NCc2ccccc2Cl)cc1NCC1CCC(CN)CC1. The molecule has 7 nitrogen and oxygen atoms in total. The van der Waals surface area contributed by atoms with Gasteiger partial charge in [-0.2, -0.15) is 0 Å². The van der Waals surface area contributed by atoms with Crippen LogP contribution in [0.1, 0.15) is 31.2 Å². The Balaban J connectivity index is 1.67. The number of hydrogen-bond acceptors (Lipinski definition) is 6. The fourth-order valence-electron chi connectivity index (χ4n) is 3.68. The van der Waals surface area contributed by atoms with E-state index < -0.39 is 0 Å². The second-order valence-corrected chi connectivity index (χ2v) is 7.88. The monoisotopic (exact) mass is 418 g/mol. The Morgan fingerprint density at radius 3 is 2.62 bits per heavy atom. The van der Waals surface area contributed by atoms with Gasteiger partial charge < -0.3 is 16.4 Å². The topological polar surface area (TPSA) is 92.3 Å². The second kappa shape index (κ2) is 10.4. The van der Waals surface area contributed by atoms with Gasteiger partial charge in [0.15, 0.2) is 7.11 Å². The first-order valence-electron chi connectivity index (χ1n) is 10.0. The van der Waals surface area contributed by atoms with Gasteiger partial charge in [0.25, 0.3) is 4.92 Å². The van der Waals surface area contributed by atoms with Gasteiger partial charge in [-0.05, 0) is 55.7 Å². The summed E-state index contributed by atoms with van der Waals surface area (Å²) in [5.41, 5.74) is 7.81. The van der Waals surface area contributed by atoms with Crippen molar-refractivity contribution in [2.75, 3.05) is 30.8 Å². The zero-order valence-electron chi connectivity index (χ0n) is 16.7. The summed E-state index contributed by atoms with van der Waals surface area (Å²) < 4.78 is 0. The fraction of sp³-hybridized carbons (Fsp3) is 0.476. The number of nitrogens with zero attached hydrogens (tertiary/aromatic N) is 2. The van der Waals surface area contributed by atoms with Crippen molar-refractivity contribution in [1.29, 1.82) is 0 Å². The average molecular weight is 419 g/mol. The van der Waals surface area contributed by atoms with Crippen LogP contribution >= 0.6 is 11.6 Å². The Labute approximate surface area is 176 Å². The van der Waals surface area contributed by atoms with Crippen molar-refractivity contribution in [3.8, 4) is 0 Å². The molecule has 156 valence electrons. The third-order valence-corrected chi connectivity index (χ3v) is 5.91. The maximum absolute atomic E-state index is 12.1. The van der Waals surface area contributed by atoms with Crippen molar-refractivity contribution >= 4 is 28.8 Å². The Hall–Kier alpha value is -2.38. The van der Waals surface area contributed by atoms with Crippen molar-refractivity contribution in [3.05, 3.63) is 52.0 Å². The van der Waals surface area contributed by atoms with E-state index in [-0.39, 0.29) is 0 Å². The lowest BCUT2D eigenvalue weighted by molar-refractivity contribution is -0.736. The predicted molar refractivity (Wildman–Crippen MR) is 116 cm³/mol. The summed E-state index contributed by atoms with van der Waals surface area (Å²) in [5.74, 6) is 1.88. The van der Waals surface area contributed by atoms with Gasteiger partial charge in [-0.15, -0.1) is 0 Å². The standard InChI is InChI=1S/C21H29ClN5O2/c1-29-27(28)20-14-26-21(25-13-17-4-2-3-5-18(17)22)10-19(20)24-12-16-8-6-15(11-23)7-9-16/h2-5,10,14-16H,6-9,11-13,23H2,1H3,(H2,24,25,26)/q+1. The van der Waals surface area contributed by atoms with Crippen LogP contribution in [0, 0.1) is 16.7 Å². The third kappa shape index (κ3) is 5.81. The van der Waals surface area contributed by atoms with Gasteiger partial charge in [0.1, 0.15) is 17.7 Å². The van der Waals surface area contributed by atoms with Gasteiger partial charge in [-0.25, -0.2) is 9.82 Å². The predicted octanol–water partition coefficient (Wildman–Crippen LogP) is 4.50. The zero-order chi connectivity index (χ0) is 20.6. The molecule has 3 rings (SSSR count). The molecule has 1 fully saturated rings. The molecule has 0 unspecified atom stereocenters. The second-order valence-electron chi connectivity index (χ2n) is 7.47. The van der Waals surface area contributed by atoms with Gasteiger partial charge in [0.05, 0.1) is 4.91 Å². The normalized spacial score (nSPS) is 18.9. The van der Waals surface area contributed by atoms with Crippen molar-refractivity contribution in [2.24, 2.45) is 17.6 Å². The van der Waals surface area contributed by atoms with E-state index in [4.69, 9.17) is 22.2 Å². The van der Waals surface area contributed by atoms with Crippen LogP contribution in [0.4, 0.5) is 17.2 Å².